The van der Waals surface area contributed by atoms with Crippen molar-refractivity contribution in [3.8, 4) is 11.5 Å². The molecule has 1 N–H and O–H groups in total. The van der Waals surface area contributed by atoms with E-state index in [4.69, 9.17) is 4.74 Å². The molecule has 3 atom stereocenters. The fraction of sp³-hybridized carbons (Fsp3) is 0.368. The zero-order chi connectivity index (χ0) is 14.4. The lowest BCUT2D eigenvalue weighted by Crippen LogP contribution is -2.26. The Morgan fingerprint density at radius 2 is 1.86 bits per heavy atom. The first-order chi connectivity index (χ1) is 10.2. The van der Waals surface area contributed by atoms with Crippen LogP contribution in [0, 0.1) is 12.8 Å². The highest BCUT2D eigenvalue weighted by Gasteiger charge is 2.41. The lowest BCUT2D eigenvalue weighted by atomic mass is 9.80. The maximum Gasteiger partial charge on any atom is 0.127 e. The molecule has 1 fully saturated rings. The highest BCUT2D eigenvalue weighted by Crippen LogP contribution is 2.54. The second-order valence-corrected chi connectivity index (χ2v) is 6.37. The lowest BCUT2D eigenvalue weighted by Gasteiger charge is -2.36. The number of hydrogen-bond donors (Lipinski definition) is 1. The fourth-order valence-corrected chi connectivity index (χ4v) is 3.97. The number of hydrogen-bond acceptors (Lipinski definition) is 2. The van der Waals surface area contributed by atoms with E-state index in [1.54, 1.807) is 6.07 Å². The SMILES string of the molecule is Cc1ccc([C@H]2Oc3ccc(O)cc3[C@H]3CCC[C@H]32)cc1. The molecule has 0 aromatic heterocycles. The molecule has 0 bridgehead atoms. The van der Waals surface area contributed by atoms with Crippen LogP contribution in [0.5, 0.6) is 11.5 Å². The maximum atomic E-state index is 9.77. The Morgan fingerprint density at radius 1 is 1.05 bits per heavy atom. The minimum atomic E-state index is 0.148. The van der Waals surface area contributed by atoms with Crippen molar-refractivity contribution in [3.05, 3.63) is 59.2 Å². The number of aryl methyl sites for hydroxylation is 1. The van der Waals surface area contributed by atoms with E-state index < -0.39 is 0 Å². The molecule has 0 amide bonds. The van der Waals surface area contributed by atoms with Gasteiger partial charge < -0.3 is 9.84 Å². The van der Waals surface area contributed by atoms with Crippen LogP contribution in [0.25, 0.3) is 0 Å². The van der Waals surface area contributed by atoms with Crippen LogP contribution in [0.2, 0.25) is 0 Å². The monoisotopic (exact) mass is 280 g/mol. The Bertz CT molecular complexity index is 660. The number of aromatic hydroxyl groups is 1. The van der Waals surface area contributed by atoms with Gasteiger partial charge in [-0.1, -0.05) is 36.2 Å². The van der Waals surface area contributed by atoms with Crippen molar-refractivity contribution in [1.29, 1.82) is 0 Å². The molecule has 21 heavy (non-hydrogen) atoms. The zero-order valence-corrected chi connectivity index (χ0v) is 12.3. The molecule has 2 heteroatoms. The summed E-state index contributed by atoms with van der Waals surface area (Å²) < 4.78 is 6.32. The van der Waals surface area contributed by atoms with E-state index in [-0.39, 0.29) is 6.10 Å². The van der Waals surface area contributed by atoms with Gasteiger partial charge in [-0.25, -0.2) is 0 Å². The van der Waals surface area contributed by atoms with E-state index in [0.29, 0.717) is 17.6 Å². The Labute approximate surface area is 125 Å². The number of phenols is 1. The second-order valence-electron chi connectivity index (χ2n) is 6.37. The van der Waals surface area contributed by atoms with Gasteiger partial charge in [-0.3, -0.25) is 0 Å². The molecule has 2 aromatic rings. The molecule has 1 aliphatic carbocycles. The molecule has 0 saturated heterocycles. The zero-order valence-electron chi connectivity index (χ0n) is 12.3. The fourth-order valence-electron chi connectivity index (χ4n) is 3.97. The largest absolute Gasteiger partial charge is 0.508 e. The third kappa shape index (κ3) is 2.10. The summed E-state index contributed by atoms with van der Waals surface area (Å²) in [5, 5.41) is 9.77. The molecular formula is C19H20O2. The Morgan fingerprint density at radius 3 is 2.67 bits per heavy atom. The van der Waals surface area contributed by atoms with Crippen LogP contribution in [-0.4, -0.2) is 5.11 Å². The standard InChI is InChI=1S/C19H20O2/c1-12-5-7-13(8-6-12)19-16-4-2-3-15(16)17-11-14(20)9-10-18(17)21-19/h5-11,15-16,19-20H,2-4H2,1H3/t15-,16+,19+/m0/s1. The third-order valence-corrected chi connectivity index (χ3v) is 5.01. The average Bonchev–Trinajstić information content (AvgIpc) is 2.97. The van der Waals surface area contributed by atoms with E-state index in [2.05, 4.69) is 31.2 Å². The van der Waals surface area contributed by atoms with Crippen molar-refractivity contribution in [2.75, 3.05) is 0 Å². The number of ether oxygens (including phenoxy) is 1. The highest BCUT2D eigenvalue weighted by molar-refractivity contribution is 5.45. The van der Waals surface area contributed by atoms with Gasteiger partial charge in [0.25, 0.3) is 0 Å². The summed E-state index contributed by atoms with van der Waals surface area (Å²) in [6.45, 7) is 2.11. The van der Waals surface area contributed by atoms with Crippen molar-refractivity contribution in [1.82, 2.24) is 0 Å². The first kappa shape index (κ1) is 12.8. The van der Waals surface area contributed by atoms with E-state index in [9.17, 15) is 5.11 Å². The first-order valence-electron chi connectivity index (χ1n) is 7.78. The highest BCUT2D eigenvalue weighted by atomic mass is 16.5. The molecule has 0 unspecified atom stereocenters. The Kier molecular flexibility index (Phi) is 2.91. The summed E-state index contributed by atoms with van der Waals surface area (Å²) in [6.07, 6.45) is 3.80. The van der Waals surface area contributed by atoms with Gasteiger partial charge in [-0.15, -0.1) is 0 Å². The number of rotatable bonds is 1. The molecule has 108 valence electrons. The molecule has 4 rings (SSSR count). The lowest BCUT2D eigenvalue weighted by molar-refractivity contribution is 0.104. The minimum absolute atomic E-state index is 0.148. The molecule has 1 aliphatic heterocycles. The van der Waals surface area contributed by atoms with Gasteiger partial charge in [0.05, 0.1) is 0 Å². The van der Waals surface area contributed by atoms with Gasteiger partial charge in [0.2, 0.25) is 0 Å². The van der Waals surface area contributed by atoms with Crippen molar-refractivity contribution < 1.29 is 9.84 Å². The molecule has 0 spiro atoms. The Hall–Kier alpha value is -1.96. The van der Waals surface area contributed by atoms with Crippen molar-refractivity contribution in [2.24, 2.45) is 5.92 Å². The average molecular weight is 280 g/mol. The normalized spacial score (nSPS) is 26.8. The predicted octanol–water partition coefficient (Wildman–Crippen LogP) is 4.72. The smallest absolute Gasteiger partial charge is 0.127 e. The molecule has 2 aromatic carbocycles. The number of phenolic OH excluding ortho intramolecular Hbond substituents is 1. The van der Waals surface area contributed by atoms with E-state index in [1.165, 1.54) is 36.0 Å². The predicted molar refractivity (Wildman–Crippen MR) is 82.7 cm³/mol. The van der Waals surface area contributed by atoms with Crippen LogP contribution in [0.15, 0.2) is 42.5 Å². The third-order valence-electron chi connectivity index (χ3n) is 5.01. The summed E-state index contributed by atoms with van der Waals surface area (Å²) in [6, 6.07) is 14.2. The summed E-state index contributed by atoms with van der Waals surface area (Å²) >= 11 is 0. The second kappa shape index (κ2) is 4.80. The van der Waals surface area contributed by atoms with Crippen LogP contribution < -0.4 is 4.74 Å². The first-order valence-corrected chi connectivity index (χ1v) is 7.78. The number of benzene rings is 2. The van der Waals surface area contributed by atoms with Gasteiger partial charge in [-0.2, -0.15) is 0 Å². The maximum absolute atomic E-state index is 9.77. The van der Waals surface area contributed by atoms with Crippen molar-refractivity contribution in [3.63, 3.8) is 0 Å². The summed E-state index contributed by atoms with van der Waals surface area (Å²) in [7, 11) is 0. The van der Waals surface area contributed by atoms with E-state index in [0.717, 1.165) is 5.75 Å². The van der Waals surface area contributed by atoms with Gasteiger partial charge in [0, 0.05) is 11.5 Å². The van der Waals surface area contributed by atoms with E-state index >= 15 is 0 Å². The Balaban J connectivity index is 1.77. The van der Waals surface area contributed by atoms with Crippen LogP contribution in [0.1, 0.15) is 48.0 Å². The van der Waals surface area contributed by atoms with Crippen LogP contribution in [-0.2, 0) is 0 Å². The van der Waals surface area contributed by atoms with Gasteiger partial charge in [-0.05, 0) is 49.4 Å². The molecule has 2 aliphatic rings. The summed E-state index contributed by atoms with van der Waals surface area (Å²) in [4.78, 5) is 0. The summed E-state index contributed by atoms with van der Waals surface area (Å²) in [5.41, 5.74) is 3.75. The van der Waals surface area contributed by atoms with Crippen molar-refractivity contribution in [2.45, 2.75) is 38.2 Å². The molecule has 1 saturated carbocycles. The van der Waals surface area contributed by atoms with Gasteiger partial charge in [0.1, 0.15) is 17.6 Å². The minimum Gasteiger partial charge on any atom is -0.508 e. The van der Waals surface area contributed by atoms with Crippen molar-refractivity contribution >= 4 is 0 Å². The van der Waals surface area contributed by atoms with E-state index in [1.807, 2.05) is 12.1 Å². The van der Waals surface area contributed by atoms with Crippen LogP contribution in [0.4, 0.5) is 0 Å². The number of fused-ring (bicyclic) bond motifs is 3. The summed E-state index contributed by atoms with van der Waals surface area (Å²) in [5.74, 6) is 2.34. The molecule has 0 radical (unpaired) electrons. The quantitative estimate of drug-likeness (QED) is 0.819. The topological polar surface area (TPSA) is 29.5 Å². The van der Waals surface area contributed by atoms with Gasteiger partial charge >= 0.3 is 0 Å². The van der Waals surface area contributed by atoms with Crippen LogP contribution in [0.3, 0.4) is 0 Å². The van der Waals surface area contributed by atoms with Crippen LogP contribution >= 0.6 is 0 Å². The molecular weight excluding hydrogens is 260 g/mol. The van der Waals surface area contributed by atoms with Gasteiger partial charge in [0.15, 0.2) is 0 Å². The molecule has 2 nitrogen and oxygen atoms in total. The molecule has 1 heterocycles.